The number of aryl methyl sites for hydroxylation is 2. The van der Waals surface area contributed by atoms with Crippen LogP contribution in [0.2, 0.25) is 0 Å². The molecule has 1 aliphatic carbocycles. The first-order chi connectivity index (χ1) is 8.52. The van der Waals surface area contributed by atoms with Crippen molar-refractivity contribution in [2.45, 2.75) is 51.8 Å². The van der Waals surface area contributed by atoms with Gasteiger partial charge in [-0.15, -0.1) is 0 Å². The van der Waals surface area contributed by atoms with Gasteiger partial charge in [-0.1, -0.05) is 0 Å². The van der Waals surface area contributed by atoms with Crippen LogP contribution in [-0.2, 0) is 0 Å². The van der Waals surface area contributed by atoms with Gasteiger partial charge in [-0.3, -0.25) is 0 Å². The SMILES string of the molecule is COc1cc(C)c(C)cc1C(O)C(C)NC1CC1. The van der Waals surface area contributed by atoms with Crippen molar-refractivity contribution in [3.63, 3.8) is 0 Å². The monoisotopic (exact) mass is 249 g/mol. The van der Waals surface area contributed by atoms with Gasteiger partial charge in [-0.2, -0.15) is 0 Å². The number of ether oxygens (including phenoxy) is 1. The molecule has 2 rings (SSSR count). The molecule has 0 saturated heterocycles. The Hall–Kier alpha value is -1.06. The van der Waals surface area contributed by atoms with Gasteiger partial charge < -0.3 is 15.2 Å². The zero-order valence-corrected chi connectivity index (χ0v) is 11.7. The molecule has 1 aliphatic rings. The van der Waals surface area contributed by atoms with Crippen molar-refractivity contribution in [3.05, 3.63) is 28.8 Å². The van der Waals surface area contributed by atoms with E-state index in [1.165, 1.54) is 24.0 Å². The Balaban J connectivity index is 2.21. The lowest BCUT2D eigenvalue weighted by molar-refractivity contribution is 0.132. The maximum Gasteiger partial charge on any atom is 0.125 e. The standard InChI is InChI=1S/C15H23NO2/c1-9-7-13(14(18-4)8-10(9)2)15(17)11(3)16-12-5-6-12/h7-8,11-12,15-17H,5-6H2,1-4H3. The summed E-state index contributed by atoms with van der Waals surface area (Å²) in [5.41, 5.74) is 3.25. The predicted octanol–water partition coefficient (Wildman–Crippen LogP) is 2.49. The number of benzene rings is 1. The number of hydrogen-bond acceptors (Lipinski definition) is 3. The molecule has 0 bridgehead atoms. The van der Waals surface area contributed by atoms with E-state index < -0.39 is 6.10 Å². The van der Waals surface area contributed by atoms with Gasteiger partial charge in [0.2, 0.25) is 0 Å². The molecule has 1 aromatic rings. The highest BCUT2D eigenvalue weighted by molar-refractivity contribution is 5.43. The molecule has 2 unspecified atom stereocenters. The Bertz CT molecular complexity index is 427. The average molecular weight is 249 g/mol. The summed E-state index contributed by atoms with van der Waals surface area (Å²) < 4.78 is 5.39. The normalized spacial score (nSPS) is 18.5. The van der Waals surface area contributed by atoms with Crippen molar-refractivity contribution in [3.8, 4) is 5.75 Å². The van der Waals surface area contributed by atoms with Crippen LogP contribution in [0.25, 0.3) is 0 Å². The first-order valence-corrected chi connectivity index (χ1v) is 6.62. The summed E-state index contributed by atoms with van der Waals surface area (Å²) in [5, 5.41) is 13.9. The van der Waals surface area contributed by atoms with Crippen molar-refractivity contribution in [2.75, 3.05) is 7.11 Å². The predicted molar refractivity (Wildman–Crippen MR) is 73.0 cm³/mol. The summed E-state index contributed by atoms with van der Waals surface area (Å²) >= 11 is 0. The fraction of sp³-hybridized carbons (Fsp3) is 0.600. The highest BCUT2D eigenvalue weighted by atomic mass is 16.5. The number of methoxy groups -OCH3 is 1. The van der Waals surface area contributed by atoms with Crippen molar-refractivity contribution < 1.29 is 9.84 Å². The molecule has 0 heterocycles. The van der Waals surface area contributed by atoms with Crippen molar-refractivity contribution in [1.29, 1.82) is 0 Å². The molecular formula is C15H23NO2. The summed E-state index contributed by atoms with van der Waals surface area (Å²) in [5.74, 6) is 0.773. The van der Waals surface area contributed by atoms with Gasteiger partial charge >= 0.3 is 0 Å². The second kappa shape index (κ2) is 5.29. The van der Waals surface area contributed by atoms with Crippen LogP contribution in [0.5, 0.6) is 5.75 Å². The van der Waals surface area contributed by atoms with Gasteiger partial charge in [-0.25, -0.2) is 0 Å². The van der Waals surface area contributed by atoms with Crippen LogP contribution in [0, 0.1) is 13.8 Å². The summed E-state index contributed by atoms with van der Waals surface area (Å²) in [4.78, 5) is 0. The minimum Gasteiger partial charge on any atom is -0.496 e. The molecule has 0 amide bonds. The van der Waals surface area contributed by atoms with Crippen molar-refractivity contribution in [1.82, 2.24) is 5.32 Å². The molecule has 3 heteroatoms. The minimum absolute atomic E-state index is 0.0495. The fourth-order valence-electron chi connectivity index (χ4n) is 2.20. The van der Waals surface area contributed by atoms with Gasteiger partial charge in [0.25, 0.3) is 0 Å². The molecule has 1 fully saturated rings. The number of hydrogen-bond donors (Lipinski definition) is 2. The smallest absolute Gasteiger partial charge is 0.125 e. The molecule has 2 N–H and O–H groups in total. The van der Waals surface area contributed by atoms with Crippen LogP contribution in [0.1, 0.15) is 42.6 Å². The van der Waals surface area contributed by atoms with E-state index in [-0.39, 0.29) is 6.04 Å². The second-order valence-corrected chi connectivity index (χ2v) is 5.35. The lowest BCUT2D eigenvalue weighted by atomic mass is 9.97. The number of nitrogens with one attached hydrogen (secondary N) is 1. The van der Waals surface area contributed by atoms with Gasteiger partial charge in [0.1, 0.15) is 5.75 Å². The van der Waals surface area contributed by atoms with E-state index in [1.54, 1.807) is 7.11 Å². The van der Waals surface area contributed by atoms with E-state index in [9.17, 15) is 5.11 Å². The van der Waals surface area contributed by atoms with E-state index >= 15 is 0 Å². The van der Waals surface area contributed by atoms with E-state index in [4.69, 9.17) is 4.74 Å². The maximum atomic E-state index is 10.5. The fourth-order valence-corrected chi connectivity index (χ4v) is 2.20. The molecule has 0 radical (unpaired) electrons. The van der Waals surface area contributed by atoms with E-state index in [1.807, 2.05) is 19.1 Å². The zero-order chi connectivity index (χ0) is 13.3. The van der Waals surface area contributed by atoms with Crippen LogP contribution in [0.15, 0.2) is 12.1 Å². The van der Waals surface area contributed by atoms with E-state index in [2.05, 4.69) is 19.2 Å². The van der Waals surface area contributed by atoms with Crippen LogP contribution < -0.4 is 10.1 Å². The van der Waals surface area contributed by atoms with Crippen LogP contribution in [0.3, 0.4) is 0 Å². The lowest BCUT2D eigenvalue weighted by Crippen LogP contribution is -2.34. The Morgan fingerprint density at radius 2 is 1.89 bits per heavy atom. The van der Waals surface area contributed by atoms with Gasteiger partial charge in [-0.05, 0) is 56.9 Å². The van der Waals surface area contributed by atoms with Crippen molar-refractivity contribution >= 4 is 0 Å². The molecule has 1 aromatic carbocycles. The molecule has 0 aromatic heterocycles. The molecule has 1 saturated carbocycles. The minimum atomic E-state index is -0.528. The third kappa shape index (κ3) is 2.85. The average Bonchev–Trinajstić information content (AvgIpc) is 3.15. The number of aliphatic hydroxyl groups excluding tert-OH is 1. The molecule has 18 heavy (non-hydrogen) atoms. The molecule has 0 aliphatic heterocycles. The van der Waals surface area contributed by atoms with Gasteiger partial charge in [0, 0.05) is 17.6 Å². The van der Waals surface area contributed by atoms with E-state index in [0.717, 1.165) is 11.3 Å². The number of rotatable bonds is 5. The van der Waals surface area contributed by atoms with Crippen LogP contribution in [-0.4, -0.2) is 24.3 Å². The summed E-state index contributed by atoms with van der Waals surface area (Å²) in [6, 6.07) is 4.67. The summed E-state index contributed by atoms with van der Waals surface area (Å²) in [6.07, 6.45) is 1.92. The van der Waals surface area contributed by atoms with Gasteiger partial charge in [0.05, 0.1) is 13.2 Å². The zero-order valence-electron chi connectivity index (χ0n) is 11.7. The Labute approximate surface area is 109 Å². The van der Waals surface area contributed by atoms with Crippen molar-refractivity contribution in [2.24, 2.45) is 0 Å². The molecule has 3 nitrogen and oxygen atoms in total. The molecular weight excluding hydrogens is 226 g/mol. The molecule has 2 atom stereocenters. The number of aliphatic hydroxyl groups is 1. The Morgan fingerprint density at radius 1 is 1.28 bits per heavy atom. The topological polar surface area (TPSA) is 41.5 Å². The first-order valence-electron chi connectivity index (χ1n) is 6.62. The van der Waals surface area contributed by atoms with Gasteiger partial charge in [0.15, 0.2) is 0 Å². The molecule has 100 valence electrons. The highest BCUT2D eigenvalue weighted by Gasteiger charge is 2.27. The quantitative estimate of drug-likeness (QED) is 0.842. The lowest BCUT2D eigenvalue weighted by Gasteiger charge is -2.23. The third-order valence-corrected chi connectivity index (χ3v) is 3.71. The molecule has 0 spiro atoms. The Morgan fingerprint density at radius 3 is 2.44 bits per heavy atom. The first kappa shape index (κ1) is 13.4. The summed E-state index contributed by atoms with van der Waals surface area (Å²) in [6.45, 7) is 6.14. The highest BCUT2D eigenvalue weighted by Crippen LogP contribution is 2.31. The van der Waals surface area contributed by atoms with Crippen LogP contribution >= 0.6 is 0 Å². The van der Waals surface area contributed by atoms with E-state index in [0.29, 0.717) is 6.04 Å². The summed E-state index contributed by atoms with van der Waals surface area (Å²) in [7, 11) is 1.65. The Kier molecular flexibility index (Phi) is 3.93. The largest absolute Gasteiger partial charge is 0.496 e. The van der Waals surface area contributed by atoms with Crippen LogP contribution in [0.4, 0.5) is 0 Å². The second-order valence-electron chi connectivity index (χ2n) is 5.35. The maximum absolute atomic E-state index is 10.5. The third-order valence-electron chi connectivity index (χ3n) is 3.71.